The van der Waals surface area contributed by atoms with Crippen LogP contribution < -0.4 is 10.2 Å². The summed E-state index contributed by atoms with van der Waals surface area (Å²) in [5.41, 5.74) is 6.87. The van der Waals surface area contributed by atoms with Crippen LogP contribution in [0.4, 0.5) is 15.8 Å². The van der Waals surface area contributed by atoms with E-state index in [1.165, 1.54) is 11.8 Å². The number of hydrogen-bond acceptors (Lipinski definition) is 5. The molecule has 7 nitrogen and oxygen atoms in total. The first kappa shape index (κ1) is 20.7. The molecule has 8 heteroatoms. The number of anilines is 2. The van der Waals surface area contributed by atoms with Crippen molar-refractivity contribution in [3.05, 3.63) is 60.4 Å². The number of piperazine rings is 1. The van der Waals surface area contributed by atoms with E-state index in [2.05, 4.69) is 55.3 Å². The van der Waals surface area contributed by atoms with Crippen LogP contribution in [0.15, 0.2) is 54.6 Å². The summed E-state index contributed by atoms with van der Waals surface area (Å²) in [6.07, 6.45) is 0. The lowest BCUT2D eigenvalue weighted by Gasteiger charge is -2.34. The molecule has 2 aromatic heterocycles. The average Bonchev–Trinajstić information content (AvgIpc) is 3.47. The summed E-state index contributed by atoms with van der Waals surface area (Å²) in [5.74, 6) is 0.981. The fraction of sp³-hybridized carbons (Fsp3) is 0.231. The number of halogens is 1. The molecule has 0 atom stereocenters. The van der Waals surface area contributed by atoms with Gasteiger partial charge in [0.05, 0.1) is 27.6 Å². The molecule has 172 valence electrons. The molecule has 0 saturated carbocycles. The number of aromatic amines is 2. The lowest BCUT2D eigenvalue weighted by atomic mass is 10.2. The largest absolute Gasteiger partial charge is 0.388 e. The molecular weight excluding hydrogens is 429 g/mol. The van der Waals surface area contributed by atoms with Crippen LogP contribution in [0.1, 0.15) is 0 Å². The van der Waals surface area contributed by atoms with Gasteiger partial charge in [0.15, 0.2) is 0 Å². The van der Waals surface area contributed by atoms with Gasteiger partial charge in [-0.2, -0.15) is 0 Å². The second kappa shape index (κ2) is 8.14. The molecule has 6 rings (SSSR count). The summed E-state index contributed by atoms with van der Waals surface area (Å²) < 4.78 is 14.6. The number of imidazole rings is 2. The molecule has 0 bridgehead atoms. The second-order valence-electron chi connectivity index (χ2n) is 8.84. The first-order valence-electron chi connectivity index (χ1n) is 11.5. The Morgan fingerprint density at radius 2 is 1.53 bits per heavy atom. The van der Waals surface area contributed by atoms with E-state index in [1.807, 2.05) is 24.3 Å². The van der Waals surface area contributed by atoms with Crippen LogP contribution in [-0.4, -0.2) is 65.1 Å². The molecule has 1 aliphatic rings. The van der Waals surface area contributed by atoms with Gasteiger partial charge in [-0.3, -0.25) is 0 Å². The van der Waals surface area contributed by atoms with E-state index < -0.39 is 0 Å². The quantitative estimate of drug-likeness (QED) is 0.366. The van der Waals surface area contributed by atoms with E-state index in [4.69, 9.17) is 4.98 Å². The predicted molar refractivity (Wildman–Crippen MR) is 136 cm³/mol. The van der Waals surface area contributed by atoms with Gasteiger partial charge in [-0.15, -0.1) is 0 Å². The number of nitrogens with zero attached hydrogens (tertiary/aromatic N) is 4. The van der Waals surface area contributed by atoms with Gasteiger partial charge < -0.3 is 25.1 Å². The number of nitrogens with one attached hydrogen (secondary N) is 3. The van der Waals surface area contributed by atoms with Crippen molar-refractivity contribution in [2.45, 2.75) is 0 Å². The molecule has 34 heavy (non-hydrogen) atoms. The van der Waals surface area contributed by atoms with Crippen LogP contribution in [0.2, 0.25) is 0 Å². The van der Waals surface area contributed by atoms with Gasteiger partial charge in [-0.25, -0.2) is 14.4 Å². The van der Waals surface area contributed by atoms with Gasteiger partial charge in [0.25, 0.3) is 0 Å². The van der Waals surface area contributed by atoms with Crippen molar-refractivity contribution in [2.75, 3.05) is 50.5 Å². The summed E-state index contributed by atoms with van der Waals surface area (Å²) in [4.78, 5) is 20.9. The number of benzene rings is 3. The summed E-state index contributed by atoms with van der Waals surface area (Å²) >= 11 is 0. The minimum absolute atomic E-state index is 0.320. The van der Waals surface area contributed by atoms with Gasteiger partial charge in [0, 0.05) is 50.2 Å². The SMILES string of the molecule is CNc1ccc(-c2nc3cc(-c4nc5cc(N6CCN(C)CC6)ccc5[nH]4)ccc3[nH]2)c(F)c1. The predicted octanol–water partition coefficient (Wildman–Crippen LogP) is 4.71. The topological polar surface area (TPSA) is 75.9 Å². The van der Waals surface area contributed by atoms with Crippen LogP contribution in [0, 0.1) is 5.82 Å². The maximum Gasteiger partial charge on any atom is 0.141 e. The number of H-pyrrole nitrogens is 2. The average molecular weight is 456 g/mol. The number of rotatable bonds is 4. The van der Waals surface area contributed by atoms with E-state index in [-0.39, 0.29) is 5.82 Å². The number of fused-ring (bicyclic) bond motifs is 2. The third kappa shape index (κ3) is 3.66. The van der Waals surface area contributed by atoms with Crippen LogP contribution in [-0.2, 0) is 0 Å². The zero-order valence-electron chi connectivity index (χ0n) is 19.2. The molecule has 1 aliphatic heterocycles. The maximum absolute atomic E-state index is 14.6. The summed E-state index contributed by atoms with van der Waals surface area (Å²) in [5, 5.41) is 2.95. The molecule has 0 spiro atoms. The van der Waals surface area contributed by atoms with E-state index in [0.29, 0.717) is 11.4 Å². The Kier molecular flexibility index (Phi) is 4.95. The molecule has 0 amide bonds. The summed E-state index contributed by atoms with van der Waals surface area (Å²) in [6, 6.07) is 17.4. The van der Waals surface area contributed by atoms with E-state index >= 15 is 0 Å². The van der Waals surface area contributed by atoms with Gasteiger partial charge in [0.2, 0.25) is 0 Å². The Labute approximate surface area is 196 Å². The zero-order chi connectivity index (χ0) is 23.2. The summed E-state index contributed by atoms with van der Waals surface area (Å²) in [7, 11) is 3.93. The van der Waals surface area contributed by atoms with Crippen LogP contribution in [0.25, 0.3) is 44.8 Å². The van der Waals surface area contributed by atoms with Gasteiger partial charge in [-0.1, -0.05) is 0 Å². The molecule has 3 heterocycles. The van der Waals surface area contributed by atoms with Crippen molar-refractivity contribution in [1.82, 2.24) is 24.8 Å². The molecular formula is C26H26FN7. The van der Waals surface area contributed by atoms with Crippen LogP contribution >= 0.6 is 0 Å². The first-order valence-corrected chi connectivity index (χ1v) is 11.5. The molecule has 1 fully saturated rings. The Bertz CT molecular complexity index is 1490. The standard InChI is InChI=1S/C26H26FN7/c1-28-17-4-6-19(20(27)14-17)26-30-21-7-3-16(13-23(21)32-26)25-29-22-8-5-18(15-24(22)31-25)34-11-9-33(2)10-12-34/h3-8,13-15,28H,9-12H2,1-2H3,(H,29,31)(H,30,32). The molecule has 1 saturated heterocycles. The smallest absolute Gasteiger partial charge is 0.141 e. The number of likely N-dealkylation sites (N-methyl/N-ethyl adjacent to an activating group) is 1. The Morgan fingerprint density at radius 3 is 2.29 bits per heavy atom. The van der Waals surface area contributed by atoms with Gasteiger partial charge >= 0.3 is 0 Å². The fourth-order valence-electron chi connectivity index (χ4n) is 4.54. The highest BCUT2D eigenvalue weighted by atomic mass is 19.1. The van der Waals surface area contributed by atoms with Crippen LogP contribution in [0.3, 0.4) is 0 Å². The first-order chi connectivity index (χ1) is 16.6. The minimum Gasteiger partial charge on any atom is -0.388 e. The second-order valence-corrected chi connectivity index (χ2v) is 8.84. The maximum atomic E-state index is 14.6. The van der Waals surface area contributed by atoms with Crippen molar-refractivity contribution >= 4 is 33.4 Å². The third-order valence-corrected chi connectivity index (χ3v) is 6.60. The molecule has 0 radical (unpaired) electrons. The van der Waals surface area contributed by atoms with E-state index in [9.17, 15) is 4.39 Å². The van der Waals surface area contributed by atoms with E-state index in [1.54, 1.807) is 13.1 Å². The highest BCUT2D eigenvalue weighted by Crippen LogP contribution is 2.29. The van der Waals surface area contributed by atoms with Gasteiger partial charge in [0.1, 0.15) is 17.5 Å². The van der Waals surface area contributed by atoms with Crippen molar-refractivity contribution in [3.8, 4) is 22.8 Å². The fourth-order valence-corrected chi connectivity index (χ4v) is 4.54. The summed E-state index contributed by atoms with van der Waals surface area (Å²) in [6.45, 7) is 4.18. The third-order valence-electron chi connectivity index (χ3n) is 6.60. The molecule has 3 N–H and O–H groups in total. The Morgan fingerprint density at radius 1 is 0.824 bits per heavy atom. The lowest BCUT2D eigenvalue weighted by Crippen LogP contribution is -2.44. The normalized spacial score (nSPS) is 14.9. The monoisotopic (exact) mass is 455 g/mol. The minimum atomic E-state index is -0.320. The van der Waals surface area contributed by atoms with Crippen molar-refractivity contribution < 1.29 is 4.39 Å². The van der Waals surface area contributed by atoms with Crippen molar-refractivity contribution in [3.63, 3.8) is 0 Å². The number of hydrogen-bond donors (Lipinski definition) is 3. The Hall–Kier alpha value is -3.91. The molecule has 0 unspecified atom stereocenters. The molecule has 3 aromatic carbocycles. The van der Waals surface area contributed by atoms with E-state index in [0.717, 1.165) is 65.3 Å². The lowest BCUT2D eigenvalue weighted by molar-refractivity contribution is 0.313. The van der Waals surface area contributed by atoms with Crippen LogP contribution in [0.5, 0.6) is 0 Å². The highest BCUT2D eigenvalue weighted by molar-refractivity contribution is 5.87. The van der Waals surface area contributed by atoms with Crippen molar-refractivity contribution in [1.29, 1.82) is 0 Å². The highest BCUT2D eigenvalue weighted by Gasteiger charge is 2.16. The van der Waals surface area contributed by atoms with Crippen molar-refractivity contribution in [2.24, 2.45) is 0 Å². The number of aromatic nitrogens is 4. The Balaban J connectivity index is 1.32. The molecule has 0 aliphatic carbocycles. The van der Waals surface area contributed by atoms with Gasteiger partial charge in [-0.05, 0) is 61.6 Å². The zero-order valence-corrected chi connectivity index (χ0v) is 19.2. The molecule has 5 aromatic rings.